The molecule has 0 bridgehead atoms. The molecule has 0 aliphatic rings. The number of carboxylic acids is 1. The van der Waals surface area contributed by atoms with E-state index in [1.807, 2.05) is 0 Å². The van der Waals surface area contributed by atoms with E-state index in [-0.39, 0.29) is 68.2 Å². The van der Waals surface area contributed by atoms with Gasteiger partial charge in [-0.05, 0) is 18.2 Å². The maximum Gasteiger partial charge on any atom is 0.335 e. The second-order valence-corrected chi connectivity index (χ2v) is 4.04. The van der Waals surface area contributed by atoms with Gasteiger partial charge in [0.25, 0.3) is 10.1 Å². The van der Waals surface area contributed by atoms with Crippen LogP contribution in [0.15, 0.2) is 23.1 Å². The molecule has 91 valence electrons. The quantitative estimate of drug-likeness (QED) is 0.566. The normalized spacial score (nSPS) is 9.76. The molecule has 0 amide bonds. The van der Waals surface area contributed by atoms with Crippen molar-refractivity contribution in [2.24, 2.45) is 0 Å². The van der Waals surface area contributed by atoms with Gasteiger partial charge in [-0.25, -0.2) is 4.79 Å². The minimum Gasteiger partial charge on any atom is -0.495 e. The van der Waals surface area contributed by atoms with Crippen molar-refractivity contribution in [3.63, 3.8) is 0 Å². The van der Waals surface area contributed by atoms with Gasteiger partial charge in [0, 0.05) is 51.4 Å². The van der Waals surface area contributed by atoms with E-state index >= 15 is 0 Å². The minimum absolute atomic E-state index is 0. The van der Waals surface area contributed by atoms with Gasteiger partial charge >= 0.3 is 5.97 Å². The number of methoxy groups -OCH3 is 1. The summed E-state index contributed by atoms with van der Waals surface area (Å²) in [5.41, 5.74) is -0.126. The Labute approximate surface area is 140 Å². The maximum absolute atomic E-state index is 10.8. The van der Waals surface area contributed by atoms with E-state index in [1.165, 1.54) is 7.11 Å². The molecule has 0 aliphatic carbocycles. The Morgan fingerprint density at radius 1 is 1.35 bits per heavy atom. The number of hydrogen-bond donors (Lipinski definition) is 2. The predicted molar refractivity (Wildman–Crippen MR) is 59.1 cm³/mol. The van der Waals surface area contributed by atoms with Crippen LogP contribution in [0.3, 0.4) is 0 Å². The van der Waals surface area contributed by atoms with Crippen LogP contribution < -0.4 is 4.74 Å². The molecule has 1 radical (unpaired) electrons. The standard InChI is InChI=1S/C8H8O6S.K.H2O/c1-14-6-4-5(8(9)10)2-3-7(6)15(11,12)13;;/h2-4H,1H3,(H,9,10)(H,11,12,13);;1H2. The van der Waals surface area contributed by atoms with Crippen LogP contribution in [0.4, 0.5) is 0 Å². The Bertz CT molecular complexity index is 497. The van der Waals surface area contributed by atoms with Gasteiger partial charge in [0.15, 0.2) is 0 Å². The minimum atomic E-state index is -4.41. The Balaban J connectivity index is 0. The van der Waals surface area contributed by atoms with Gasteiger partial charge in [-0.1, -0.05) is 0 Å². The molecule has 7 nitrogen and oxygen atoms in total. The average Bonchev–Trinajstić information content (AvgIpc) is 2.15. The third kappa shape index (κ3) is 5.02. The molecule has 1 rings (SSSR count). The summed E-state index contributed by atoms with van der Waals surface area (Å²) in [6.45, 7) is 0. The first-order valence-corrected chi connectivity index (χ1v) is 5.19. The molecule has 0 atom stereocenters. The number of rotatable bonds is 3. The van der Waals surface area contributed by atoms with Crippen molar-refractivity contribution < 1.29 is 33.1 Å². The van der Waals surface area contributed by atoms with Crippen molar-refractivity contribution in [2.75, 3.05) is 7.11 Å². The maximum atomic E-state index is 10.8. The number of aromatic carboxylic acids is 1. The molecule has 1 aromatic carbocycles. The molecule has 17 heavy (non-hydrogen) atoms. The van der Waals surface area contributed by atoms with Crippen LogP contribution in [0, 0.1) is 0 Å². The Kier molecular flexibility index (Phi) is 8.46. The van der Waals surface area contributed by atoms with E-state index in [0.29, 0.717) is 0 Å². The summed E-state index contributed by atoms with van der Waals surface area (Å²) in [5, 5.41) is 8.63. The molecule has 9 heteroatoms. The van der Waals surface area contributed by atoms with E-state index in [4.69, 9.17) is 9.66 Å². The summed E-state index contributed by atoms with van der Waals surface area (Å²) < 4.78 is 35.1. The van der Waals surface area contributed by atoms with Gasteiger partial charge in [0.05, 0.1) is 12.7 Å². The zero-order valence-electron chi connectivity index (χ0n) is 9.17. The fourth-order valence-corrected chi connectivity index (χ4v) is 1.65. The molecule has 0 aromatic heterocycles. The third-order valence-corrected chi connectivity index (χ3v) is 2.58. The van der Waals surface area contributed by atoms with Gasteiger partial charge in [-0.3, -0.25) is 4.55 Å². The molecule has 0 saturated carbocycles. The summed E-state index contributed by atoms with van der Waals surface area (Å²) in [7, 11) is -3.23. The molecule has 1 aromatic rings. The van der Waals surface area contributed by atoms with Crippen LogP contribution in [0.2, 0.25) is 0 Å². The van der Waals surface area contributed by atoms with Crippen LogP contribution in [0.25, 0.3) is 0 Å². The molecule has 0 spiro atoms. The van der Waals surface area contributed by atoms with Crippen LogP contribution in [0.5, 0.6) is 5.75 Å². The van der Waals surface area contributed by atoms with Gasteiger partial charge in [-0.2, -0.15) is 8.42 Å². The van der Waals surface area contributed by atoms with Gasteiger partial charge in [0.1, 0.15) is 10.6 Å². The predicted octanol–water partition coefficient (Wildman–Crippen LogP) is -0.565. The largest absolute Gasteiger partial charge is 0.495 e. The number of carbonyl (C=O) groups is 1. The Morgan fingerprint density at radius 2 is 1.88 bits per heavy atom. The van der Waals surface area contributed by atoms with Crippen LogP contribution >= 0.6 is 0 Å². The average molecular weight is 289 g/mol. The van der Waals surface area contributed by atoms with Crippen LogP contribution in [-0.2, 0) is 10.1 Å². The molecular formula is C8H10KO7S. The molecule has 0 unspecified atom stereocenters. The SMILES string of the molecule is COc1cc(C(=O)O)ccc1S(=O)(=O)O.O.[K]. The summed E-state index contributed by atoms with van der Waals surface area (Å²) >= 11 is 0. The Morgan fingerprint density at radius 3 is 2.24 bits per heavy atom. The molecule has 0 fully saturated rings. The van der Waals surface area contributed by atoms with Crippen molar-refractivity contribution in [2.45, 2.75) is 4.90 Å². The van der Waals surface area contributed by atoms with Crippen molar-refractivity contribution in [1.82, 2.24) is 0 Å². The first-order valence-electron chi connectivity index (χ1n) is 3.75. The number of benzene rings is 1. The van der Waals surface area contributed by atoms with Crippen LogP contribution in [-0.4, -0.2) is 88.0 Å². The second kappa shape index (κ2) is 7.44. The molecule has 0 saturated heterocycles. The summed E-state index contributed by atoms with van der Waals surface area (Å²) in [5.74, 6) is -1.42. The second-order valence-electron chi connectivity index (χ2n) is 2.65. The zero-order chi connectivity index (χ0) is 11.6. The Hall–Kier alpha value is -0.00364. The fraction of sp³-hybridized carbons (Fsp3) is 0.125. The van der Waals surface area contributed by atoms with Gasteiger partial charge in [-0.15, -0.1) is 0 Å². The number of hydrogen-bond acceptors (Lipinski definition) is 4. The topological polar surface area (TPSA) is 132 Å². The van der Waals surface area contributed by atoms with E-state index in [9.17, 15) is 13.2 Å². The van der Waals surface area contributed by atoms with Crippen molar-refractivity contribution in [3.05, 3.63) is 23.8 Å². The monoisotopic (exact) mass is 289 g/mol. The first kappa shape index (κ1) is 19.3. The zero-order valence-corrected chi connectivity index (χ0v) is 13.1. The van der Waals surface area contributed by atoms with Crippen molar-refractivity contribution in [3.8, 4) is 5.75 Å². The van der Waals surface area contributed by atoms with Gasteiger partial charge in [0.2, 0.25) is 0 Å². The molecule has 0 heterocycles. The van der Waals surface area contributed by atoms with Crippen molar-refractivity contribution in [1.29, 1.82) is 0 Å². The number of carboxylic acid groups (broad SMARTS) is 1. The molecule has 4 N–H and O–H groups in total. The van der Waals surface area contributed by atoms with E-state index < -0.39 is 21.0 Å². The third-order valence-electron chi connectivity index (χ3n) is 1.69. The summed E-state index contributed by atoms with van der Waals surface area (Å²) in [6.07, 6.45) is 0. The number of ether oxygens (including phenoxy) is 1. The van der Waals surface area contributed by atoms with E-state index in [1.54, 1.807) is 0 Å². The van der Waals surface area contributed by atoms with Gasteiger partial charge < -0.3 is 15.3 Å². The smallest absolute Gasteiger partial charge is 0.335 e. The van der Waals surface area contributed by atoms with Crippen LogP contribution in [0.1, 0.15) is 10.4 Å². The molecular weight excluding hydrogens is 279 g/mol. The summed E-state index contributed by atoms with van der Waals surface area (Å²) in [6, 6.07) is 3.05. The van der Waals surface area contributed by atoms with E-state index in [0.717, 1.165) is 18.2 Å². The summed E-state index contributed by atoms with van der Waals surface area (Å²) in [4.78, 5) is 10.1. The molecule has 0 aliphatic heterocycles. The fourth-order valence-electron chi connectivity index (χ4n) is 1.01. The van der Waals surface area contributed by atoms with E-state index in [2.05, 4.69) is 4.74 Å². The first-order chi connectivity index (χ1) is 6.86. The van der Waals surface area contributed by atoms with Crippen molar-refractivity contribution >= 4 is 67.5 Å².